The van der Waals surface area contributed by atoms with Crippen molar-refractivity contribution in [3.05, 3.63) is 12.4 Å². The summed E-state index contributed by atoms with van der Waals surface area (Å²) >= 11 is 0. The zero-order chi connectivity index (χ0) is 26.0. The molecular formula is C26H38FN5O4. The highest BCUT2D eigenvalue weighted by Crippen LogP contribution is 2.39. The van der Waals surface area contributed by atoms with Crippen LogP contribution in [0, 0.1) is 18.4 Å². The Morgan fingerprint density at radius 2 is 1.86 bits per heavy atom. The number of rotatable bonds is 15. The third-order valence-electron chi connectivity index (χ3n) is 6.75. The molecule has 9 nitrogen and oxygen atoms in total. The number of hydrogen-bond acceptors (Lipinski definition) is 8. The van der Waals surface area contributed by atoms with Gasteiger partial charge in [0.05, 0.1) is 12.9 Å². The second kappa shape index (κ2) is 13.5. The number of hydrogen-bond donors (Lipinski definition) is 2. The van der Waals surface area contributed by atoms with Gasteiger partial charge in [0.1, 0.15) is 12.3 Å². The second-order valence-corrected chi connectivity index (χ2v) is 9.47. The summed E-state index contributed by atoms with van der Waals surface area (Å²) in [5, 5.41) is 10.0. The molecule has 0 unspecified atom stereocenters. The summed E-state index contributed by atoms with van der Waals surface area (Å²) in [6, 6.07) is 0. The van der Waals surface area contributed by atoms with Crippen LogP contribution in [-0.2, 0) is 14.3 Å². The average molecular weight is 504 g/mol. The zero-order valence-corrected chi connectivity index (χ0v) is 21.1. The molecule has 3 N–H and O–H groups in total. The van der Waals surface area contributed by atoms with Crippen LogP contribution in [0.25, 0.3) is 11.2 Å². The van der Waals surface area contributed by atoms with Gasteiger partial charge in [0.15, 0.2) is 22.6 Å². The lowest BCUT2D eigenvalue weighted by Gasteiger charge is -2.26. The van der Waals surface area contributed by atoms with Gasteiger partial charge in [-0.1, -0.05) is 77.1 Å². The van der Waals surface area contributed by atoms with E-state index in [1.165, 1.54) is 62.3 Å². The van der Waals surface area contributed by atoms with Gasteiger partial charge in [0, 0.05) is 12.8 Å². The lowest BCUT2D eigenvalue weighted by atomic mass is 9.98. The minimum absolute atomic E-state index is 0.102. The van der Waals surface area contributed by atoms with Crippen molar-refractivity contribution < 1.29 is 23.8 Å². The summed E-state index contributed by atoms with van der Waals surface area (Å²) in [6.07, 6.45) is 17.9. The van der Waals surface area contributed by atoms with Crippen LogP contribution in [0.15, 0.2) is 6.33 Å². The van der Waals surface area contributed by atoms with E-state index in [1.54, 1.807) is 0 Å². The number of halogens is 1. The standard InChI is InChI=1S/C26H38FN5O4/c1-3-5-6-7-8-9-10-11-12-13-14-15-21(34)35-19-16-20(36-26(19,4-2)17-33)32-18-29-22-23(28)30-25(27)31-24(22)32/h2,18-20,33H,3,5-17H2,1H3,(H2,28,30,31)/t19-,20+,26+/m0/s1. The van der Waals surface area contributed by atoms with Gasteiger partial charge in [-0.05, 0) is 6.42 Å². The lowest BCUT2D eigenvalue weighted by Crippen LogP contribution is -2.44. The SMILES string of the molecule is C#C[C@]1(CO)O[C@@H](n2cnc3c(N)nc(F)nc32)C[C@@H]1OC(=O)CCCCCCCCCCCCC. The number of aromatic nitrogens is 4. The highest BCUT2D eigenvalue weighted by Gasteiger charge is 2.51. The van der Waals surface area contributed by atoms with Crippen LogP contribution in [0.1, 0.15) is 96.6 Å². The van der Waals surface area contributed by atoms with Crippen molar-refractivity contribution in [3.8, 4) is 12.3 Å². The molecule has 0 spiro atoms. The maximum atomic E-state index is 13.7. The number of anilines is 1. The van der Waals surface area contributed by atoms with E-state index >= 15 is 0 Å². The van der Waals surface area contributed by atoms with Gasteiger partial charge in [-0.2, -0.15) is 14.4 Å². The molecule has 198 valence electrons. The number of aliphatic hydroxyl groups is 1. The Morgan fingerprint density at radius 1 is 1.22 bits per heavy atom. The van der Waals surface area contributed by atoms with Crippen LogP contribution < -0.4 is 5.73 Å². The van der Waals surface area contributed by atoms with Crippen LogP contribution in [0.5, 0.6) is 0 Å². The highest BCUT2D eigenvalue weighted by molar-refractivity contribution is 5.81. The van der Waals surface area contributed by atoms with E-state index in [0.29, 0.717) is 0 Å². The van der Waals surface area contributed by atoms with Crippen molar-refractivity contribution in [2.45, 2.75) is 108 Å². The number of unbranched alkanes of at least 4 members (excludes halogenated alkanes) is 10. The first-order chi connectivity index (χ1) is 17.4. The summed E-state index contributed by atoms with van der Waals surface area (Å²) < 4.78 is 26.8. The van der Waals surface area contributed by atoms with Gasteiger partial charge in [0.25, 0.3) is 0 Å². The van der Waals surface area contributed by atoms with Gasteiger partial charge < -0.3 is 20.3 Å². The lowest BCUT2D eigenvalue weighted by molar-refractivity contribution is -0.158. The molecule has 0 saturated carbocycles. The first kappa shape index (κ1) is 27.8. The molecule has 3 rings (SSSR count). The normalized spacial score (nSPS) is 21.6. The van der Waals surface area contributed by atoms with Gasteiger partial charge in [-0.25, -0.2) is 4.98 Å². The molecule has 10 heteroatoms. The Hall–Kier alpha value is -2.77. The number of aliphatic hydroxyl groups excluding tert-OH is 1. The monoisotopic (exact) mass is 503 g/mol. The predicted octanol–water partition coefficient (Wildman–Crippen LogP) is 4.44. The van der Waals surface area contributed by atoms with Crippen LogP contribution >= 0.6 is 0 Å². The number of nitrogens with zero attached hydrogens (tertiary/aromatic N) is 4. The van der Waals surface area contributed by atoms with E-state index in [9.17, 15) is 14.3 Å². The first-order valence-corrected chi connectivity index (χ1v) is 13.1. The fourth-order valence-electron chi connectivity index (χ4n) is 4.64. The molecule has 1 aliphatic heterocycles. The molecule has 0 amide bonds. The highest BCUT2D eigenvalue weighted by atomic mass is 19.1. The number of fused-ring (bicyclic) bond motifs is 1. The van der Waals surface area contributed by atoms with E-state index in [4.69, 9.17) is 21.6 Å². The number of nitrogen functional groups attached to an aromatic ring is 1. The largest absolute Gasteiger partial charge is 0.458 e. The Morgan fingerprint density at radius 3 is 2.47 bits per heavy atom. The van der Waals surface area contributed by atoms with Crippen LogP contribution in [0.4, 0.5) is 10.2 Å². The van der Waals surface area contributed by atoms with Crippen molar-refractivity contribution in [2.24, 2.45) is 0 Å². The quantitative estimate of drug-likeness (QED) is 0.158. The van der Waals surface area contributed by atoms with Gasteiger partial charge in [-0.15, -0.1) is 6.42 Å². The Bertz CT molecular complexity index is 1040. The molecule has 1 aliphatic rings. The van der Waals surface area contributed by atoms with Crippen molar-refractivity contribution in [3.63, 3.8) is 0 Å². The Balaban J connectivity index is 1.47. The summed E-state index contributed by atoms with van der Waals surface area (Å²) in [5.74, 6) is 1.95. The van der Waals surface area contributed by atoms with Crippen molar-refractivity contribution in [1.29, 1.82) is 0 Å². The minimum atomic E-state index is -1.52. The molecule has 1 fully saturated rings. The third kappa shape index (κ3) is 6.92. The van der Waals surface area contributed by atoms with Gasteiger partial charge in [0.2, 0.25) is 0 Å². The summed E-state index contributed by atoms with van der Waals surface area (Å²) in [5.41, 5.74) is 4.55. The molecule has 3 heterocycles. The molecule has 0 aliphatic carbocycles. The van der Waals surface area contributed by atoms with E-state index in [2.05, 4.69) is 27.8 Å². The topological polar surface area (TPSA) is 125 Å². The second-order valence-electron chi connectivity index (χ2n) is 9.47. The van der Waals surface area contributed by atoms with Gasteiger partial charge >= 0.3 is 12.0 Å². The van der Waals surface area contributed by atoms with Crippen molar-refractivity contribution in [1.82, 2.24) is 19.5 Å². The van der Waals surface area contributed by atoms with Crippen LogP contribution in [0.2, 0.25) is 0 Å². The van der Waals surface area contributed by atoms with E-state index < -0.39 is 30.6 Å². The number of nitrogens with two attached hydrogens (primary N) is 1. The number of terminal acetylenes is 1. The van der Waals surface area contributed by atoms with E-state index in [1.807, 2.05) is 0 Å². The van der Waals surface area contributed by atoms with E-state index in [0.717, 1.165) is 19.3 Å². The number of imidazole rings is 1. The molecular weight excluding hydrogens is 465 g/mol. The molecule has 0 aromatic carbocycles. The molecule has 36 heavy (non-hydrogen) atoms. The van der Waals surface area contributed by atoms with Crippen molar-refractivity contribution in [2.75, 3.05) is 12.3 Å². The van der Waals surface area contributed by atoms with Crippen LogP contribution in [0.3, 0.4) is 0 Å². The average Bonchev–Trinajstić information content (AvgIpc) is 3.44. The smallest absolute Gasteiger partial charge is 0.312 e. The number of carbonyl (C=O) groups excluding carboxylic acids is 1. The zero-order valence-electron chi connectivity index (χ0n) is 21.1. The molecule has 2 aromatic rings. The summed E-state index contributed by atoms with van der Waals surface area (Å²) in [7, 11) is 0. The van der Waals surface area contributed by atoms with Crippen LogP contribution in [-0.4, -0.2) is 48.9 Å². The fraction of sp³-hybridized carbons (Fsp3) is 0.692. The molecule has 0 bridgehead atoms. The maximum Gasteiger partial charge on any atom is 0.312 e. The maximum absolute atomic E-state index is 13.7. The van der Waals surface area contributed by atoms with E-state index in [-0.39, 0.29) is 35.8 Å². The first-order valence-electron chi connectivity index (χ1n) is 13.1. The minimum Gasteiger partial charge on any atom is -0.458 e. The predicted molar refractivity (Wildman–Crippen MR) is 134 cm³/mol. The third-order valence-corrected chi connectivity index (χ3v) is 6.75. The molecule has 0 radical (unpaired) electrons. The Kier molecular flexibility index (Phi) is 10.4. The Labute approximate surface area is 212 Å². The van der Waals surface area contributed by atoms with Crippen molar-refractivity contribution >= 4 is 23.0 Å². The fourth-order valence-corrected chi connectivity index (χ4v) is 4.64. The number of ether oxygens (including phenoxy) is 2. The summed E-state index contributed by atoms with van der Waals surface area (Å²) in [6.45, 7) is 1.68. The number of esters is 1. The van der Waals surface area contributed by atoms with Gasteiger partial charge in [-0.3, -0.25) is 9.36 Å². The summed E-state index contributed by atoms with van der Waals surface area (Å²) in [4.78, 5) is 23.9. The molecule has 1 saturated heterocycles. The number of carbonyl (C=O) groups is 1. The molecule has 2 aromatic heterocycles. The molecule has 3 atom stereocenters.